The molecule has 0 unspecified atom stereocenters. The van der Waals surface area contributed by atoms with E-state index in [1.165, 1.54) is 0 Å². The molecule has 20 heavy (non-hydrogen) atoms. The zero-order valence-corrected chi connectivity index (χ0v) is 12.3. The van der Waals surface area contributed by atoms with Crippen molar-refractivity contribution in [2.75, 3.05) is 32.2 Å². The van der Waals surface area contributed by atoms with Crippen molar-refractivity contribution in [2.24, 2.45) is 5.92 Å². The molecule has 0 atom stereocenters. The zero-order chi connectivity index (χ0) is 15.0. The fraction of sp³-hybridized carbons (Fsp3) is 0.533. The Hall–Kier alpha value is -1.75. The molecule has 0 aliphatic rings. The third-order valence-electron chi connectivity index (χ3n) is 2.44. The molecular weight excluding hydrogens is 258 g/mol. The number of esters is 1. The van der Waals surface area contributed by atoms with Crippen molar-refractivity contribution in [3.63, 3.8) is 0 Å². The number of nitrogen functional groups attached to an aromatic ring is 1. The van der Waals surface area contributed by atoms with Gasteiger partial charge in [0.15, 0.2) is 0 Å². The van der Waals surface area contributed by atoms with Crippen LogP contribution in [0.4, 0.5) is 5.69 Å². The molecule has 0 saturated heterocycles. The minimum Gasteiger partial charge on any atom is -0.490 e. The van der Waals surface area contributed by atoms with Crippen LogP contribution < -0.4 is 10.5 Å². The minimum atomic E-state index is -0.433. The monoisotopic (exact) mass is 281 g/mol. The van der Waals surface area contributed by atoms with E-state index in [9.17, 15) is 4.79 Å². The molecule has 0 radical (unpaired) electrons. The highest BCUT2D eigenvalue weighted by molar-refractivity contribution is 5.93. The Bertz CT molecular complexity index is 432. The molecule has 0 spiro atoms. The molecule has 1 aromatic rings. The summed E-state index contributed by atoms with van der Waals surface area (Å²) in [5.41, 5.74) is 6.52. The van der Waals surface area contributed by atoms with Crippen LogP contribution in [0.1, 0.15) is 31.1 Å². The Kier molecular flexibility index (Phi) is 6.87. The van der Waals surface area contributed by atoms with Crippen LogP contribution in [-0.4, -0.2) is 32.4 Å². The lowest BCUT2D eigenvalue weighted by Gasteiger charge is -2.12. The van der Waals surface area contributed by atoms with Gasteiger partial charge in [-0.05, 0) is 31.0 Å². The summed E-state index contributed by atoms with van der Waals surface area (Å²) >= 11 is 0. The number of carbonyl (C=O) groups is 1. The number of carbonyl (C=O) groups excluding carboxylic acids is 1. The van der Waals surface area contributed by atoms with Crippen LogP contribution in [0.2, 0.25) is 0 Å². The molecular formula is C15H23NO4. The normalized spacial score (nSPS) is 10.6. The van der Waals surface area contributed by atoms with Crippen LogP contribution in [0.5, 0.6) is 5.75 Å². The Balaban J connectivity index is 2.58. The predicted molar refractivity (Wildman–Crippen MR) is 78.0 cm³/mol. The summed E-state index contributed by atoms with van der Waals surface area (Å²) in [6.45, 7) is 7.78. The SMILES string of the molecule is CCOC(=O)c1cc(N)ccc1OCCOCC(C)C. The smallest absolute Gasteiger partial charge is 0.341 e. The number of ether oxygens (including phenoxy) is 3. The second-order valence-electron chi connectivity index (χ2n) is 4.79. The lowest BCUT2D eigenvalue weighted by atomic mass is 10.2. The summed E-state index contributed by atoms with van der Waals surface area (Å²) in [5, 5.41) is 0. The number of hydrogen-bond acceptors (Lipinski definition) is 5. The average molecular weight is 281 g/mol. The molecule has 0 aliphatic carbocycles. The summed E-state index contributed by atoms with van der Waals surface area (Å²) < 4.78 is 16.0. The van der Waals surface area contributed by atoms with Crippen LogP contribution in [0.3, 0.4) is 0 Å². The molecule has 0 aliphatic heterocycles. The first-order valence-corrected chi connectivity index (χ1v) is 6.81. The topological polar surface area (TPSA) is 70.8 Å². The summed E-state index contributed by atoms with van der Waals surface area (Å²) in [5.74, 6) is 0.519. The molecule has 0 heterocycles. The van der Waals surface area contributed by atoms with Crippen molar-refractivity contribution < 1.29 is 19.0 Å². The standard InChI is InChI=1S/C15H23NO4/c1-4-19-15(17)13-9-12(16)5-6-14(13)20-8-7-18-10-11(2)3/h5-6,9,11H,4,7-8,10,16H2,1-3H3. The van der Waals surface area contributed by atoms with Gasteiger partial charge in [-0.1, -0.05) is 13.8 Å². The highest BCUT2D eigenvalue weighted by Crippen LogP contribution is 2.22. The van der Waals surface area contributed by atoms with E-state index in [4.69, 9.17) is 19.9 Å². The summed E-state index contributed by atoms with van der Waals surface area (Å²) in [4.78, 5) is 11.8. The van der Waals surface area contributed by atoms with Crippen molar-refractivity contribution in [3.8, 4) is 5.75 Å². The molecule has 0 amide bonds. The summed E-state index contributed by atoms with van der Waals surface area (Å²) in [7, 11) is 0. The van der Waals surface area contributed by atoms with Gasteiger partial charge in [0, 0.05) is 12.3 Å². The van der Waals surface area contributed by atoms with Crippen molar-refractivity contribution >= 4 is 11.7 Å². The second-order valence-corrected chi connectivity index (χ2v) is 4.79. The third kappa shape index (κ3) is 5.48. The van der Waals surface area contributed by atoms with Crippen LogP contribution in [0.15, 0.2) is 18.2 Å². The molecule has 0 saturated carbocycles. The van der Waals surface area contributed by atoms with E-state index in [1.807, 2.05) is 0 Å². The van der Waals surface area contributed by atoms with Gasteiger partial charge in [0.2, 0.25) is 0 Å². The first-order chi connectivity index (χ1) is 9.54. The fourth-order valence-electron chi connectivity index (χ4n) is 1.57. The van der Waals surface area contributed by atoms with Gasteiger partial charge >= 0.3 is 5.97 Å². The van der Waals surface area contributed by atoms with E-state index in [2.05, 4.69) is 13.8 Å². The Labute approximate surface area is 120 Å². The molecule has 112 valence electrons. The van der Waals surface area contributed by atoms with Gasteiger partial charge in [0.25, 0.3) is 0 Å². The maximum Gasteiger partial charge on any atom is 0.341 e. The molecule has 5 heteroatoms. The highest BCUT2D eigenvalue weighted by Gasteiger charge is 2.14. The first kappa shape index (κ1) is 16.3. The quantitative estimate of drug-likeness (QED) is 0.450. The molecule has 0 bridgehead atoms. The molecule has 5 nitrogen and oxygen atoms in total. The number of hydrogen-bond donors (Lipinski definition) is 1. The highest BCUT2D eigenvalue weighted by atomic mass is 16.5. The summed E-state index contributed by atoms with van der Waals surface area (Å²) in [6, 6.07) is 4.92. The van der Waals surface area contributed by atoms with Crippen LogP contribution in [-0.2, 0) is 9.47 Å². The largest absolute Gasteiger partial charge is 0.490 e. The predicted octanol–water partition coefficient (Wildman–Crippen LogP) is 2.50. The van der Waals surface area contributed by atoms with Gasteiger partial charge in [-0.3, -0.25) is 0 Å². The Morgan fingerprint density at radius 3 is 2.70 bits per heavy atom. The van der Waals surface area contributed by atoms with Crippen LogP contribution >= 0.6 is 0 Å². The second kappa shape index (κ2) is 8.43. The van der Waals surface area contributed by atoms with E-state index in [0.717, 1.165) is 0 Å². The van der Waals surface area contributed by atoms with E-state index in [1.54, 1.807) is 25.1 Å². The lowest BCUT2D eigenvalue weighted by Crippen LogP contribution is -2.13. The van der Waals surface area contributed by atoms with Gasteiger partial charge in [0.1, 0.15) is 17.9 Å². The van der Waals surface area contributed by atoms with Crippen LogP contribution in [0, 0.1) is 5.92 Å². The van der Waals surface area contributed by atoms with E-state index in [0.29, 0.717) is 49.3 Å². The van der Waals surface area contributed by atoms with Gasteiger partial charge in [-0.2, -0.15) is 0 Å². The van der Waals surface area contributed by atoms with Crippen molar-refractivity contribution in [1.29, 1.82) is 0 Å². The summed E-state index contributed by atoms with van der Waals surface area (Å²) in [6.07, 6.45) is 0. The van der Waals surface area contributed by atoms with Crippen molar-refractivity contribution in [1.82, 2.24) is 0 Å². The molecule has 1 aromatic carbocycles. The molecule has 1 rings (SSSR count). The van der Waals surface area contributed by atoms with E-state index >= 15 is 0 Å². The van der Waals surface area contributed by atoms with Gasteiger partial charge in [0.05, 0.1) is 13.2 Å². The molecule has 0 aromatic heterocycles. The third-order valence-corrected chi connectivity index (χ3v) is 2.44. The maximum absolute atomic E-state index is 11.8. The number of benzene rings is 1. The average Bonchev–Trinajstić information content (AvgIpc) is 2.39. The van der Waals surface area contributed by atoms with E-state index < -0.39 is 5.97 Å². The first-order valence-electron chi connectivity index (χ1n) is 6.81. The van der Waals surface area contributed by atoms with Gasteiger partial charge < -0.3 is 19.9 Å². The lowest BCUT2D eigenvalue weighted by molar-refractivity contribution is 0.0515. The van der Waals surface area contributed by atoms with Crippen LogP contribution in [0.25, 0.3) is 0 Å². The maximum atomic E-state index is 11.8. The number of anilines is 1. The van der Waals surface area contributed by atoms with Crippen molar-refractivity contribution in [3.05, 3.63) is 23.8 Å². The Morgan fingerprint density at radius 1 is 1.30 bits per heavy atom. The number of rotatable bonds is 8. The molecule has 2 N–H and O–H groups in total. The Morgan fingerprint density at radius 2 is 2.05 bits per heavy atom. The van der Waals surface area contributed by atoms with Crippen molar-refractivity contribution in [2.45, 2.75) is 20.8 Å². The van der Waals surface area contributed by atoms with Gasteiger partial charge in [-0.15, -0.1) is 0 Å². The molecule has 0 fully saturated rings. The van der Waals surface area contributed by atoms with Gasteiger partial charge in [-0.25, -0.2) is 4.79 Å². The number of nitrogens with two attached hydrogens (primary N) is 1. The fourth-order valence-corrected chi connectivity index (χ4v) is 1.57. The van der Waals surface area contributed by atoms with E-state index in [-0.39, 0.29) is 0 Å². The minimum absolute atomic E-state index is 0.310. The zero-order valence-electron chi connectivity index (χ0n) is 12.3.